The number of imidazole rings is 1. The van der Waals surface area contributed by atoms with Gasteiger partial charge in [0.15, 0.2) is 5.65 Å². The SMILES string of the molecule is CCN1CCCC1Cc1nc2cccnc2n1C1CCSC1. The van der Waals surface area contributed by atoms with Gasteiger partial charge in [0.05, 0.1) is 0 Å². The van der Waals surface area contributed by atoms with Gasteiger partial charge in [-0.2, -0.15) is 11.8 Å². The first-order chi connectivity index (χ1) is 10.9. The monoisotopic (exact) mass is 316 g/mol. The van der Waals surface area contributed by atoms with Gasteiger partial charge in [-0.05, 0) is 50.2 Å². The van der Waals surface area contributed by atoms with Crippen molar-refractivity contribution in [1.82, 2.24) is 19.4 Å². The number of rotatable bonds is 4. The molecule has 4 nitrogen and oxygen atoms in total. The standard InChI is InChI=1S/C17H24N4S/c1-2-20-9-4-5-13(20)11-16-19-15-6-3-8-18-17(15)21(16)14-7-10-22-12-14/h3,6,8,13-14H,2,4-5,7,9-12H2,1H3. The van der Waals surface area contributed by atoms with Gasteiger partial charge in [-0.3, -0.25) is 0 Å². The molecule has 118 valence electrons. The molecule has 4 heterocycles. The average molecular weight is 316 g/mol. The summed E-state index contributed by atoms with van der Waals surface area (Å²) < 4.78 is 2.46. The predicted molar refractivity (Wildman–Crippen MR) is 92.5 cm³/mol. The summed E-state index contributed by atoms with van der Waals surface area (Å²) >= 11 is 2.06. The third-order valence-corrected chi connectivity index (χ3v) is 6.26. The minimum Gasteiger partial charge on any atom is -0.309 e. The van der Waals surface area contributed by atoms with Crippen molar-refractivity contribution in [1.29, 1.82) is 0 Å². The van der Waals surface area contributed by atoms with E-state index in [-0.39, 0.29) is 0 Å². The summed E-state index contributed by atoms with van der Waals surface area (Å²) in [5.41, 5.74) is 2.15. The van der Waals surface area contributed by atoms with Gasteiger partial charge in [0, 0.05) is 30.5 Å². The van der Waals surface area contributed by atoms with Crippen LogP contribution >= 0.6 is 11.8 Å². The largest absolute Gasteiger partial charge is 0.309 e. The molecule has 2 aromatic heterocycles. The molecule has 2 atom stereocenters. The van der Waals surface area contributed by atoms with Crippen LogP contribution < -0.4 is 0 Å². The molecule has 0 amide bonds. The third-order valence-electron chi connectivity index (χ3n) is 5.12. The van der Waals surface area contributed by atoms with Crippen molar-refractivity contribution in [3.63, 3.8) is 0 Å². The molecule has 0 aliphatic carbocycles. The van der Waals surface area contributed by atoms with Crippen LogP contribution in [0.15, 0.2) is 18.3 Å². The van der Waals surface area contributed by atoms with E-state index in [4.69, 9.17) is 4.98 Å². The average Bonchev–Trinajstić information content (AvgIpc) is 3.25. The smallest absolute Gasteiger partial charge is 0.160 e. The lowest BCUT2D eigenvalue weighted by atomic mass is 10.1. The maximum atomic E-state index is 4.95. The lowest BCUT2D eigenvalue weighted by Gasteiger charge is -2.23. The van der Waals surface area contributed by atoms with Gasteiger partial charge in [0.1, 0.15) is 11.3 Å². The fraction of sp³-hybridized carbons (Fsp3) is 0.647. The molecule has 0 bridgehead atoms. The molecule has 2 fully saturated rings. The topological polar surface area (TPSA) is 34.0 Å². The van der Waals surface area contributed by atoms with Crippen LogP contribution in [0, 0.1) is 0 Å². The van der Waals surface area contributed by atoms with Crippen molar-refractivity contribution < 1.29 is 0 Å². The van der Waals surface area contributed by atoms with Crippen LogP contribution in [0.2, 0.25) is 0 Å². The van der Waals surface area contributed by atoms with Crippen LogP contribution in [-0.2, 0) is 6.42 Å². The molecule has 0 N–H and O–H groups in total. The summed E-state index contributed by atoms with van der Waals surface area (Å²) in [5.74, 6) is 3.73. The summed E-state index contributed by atoms with van der Waals surface area (Å²) in [4.78, 5) is 12.2. The Morgan fingerprint density at radius 3 is 3.14 bits per heavy atom. The number of hydrogen-bond donors (Lipinski definition) is 0. The van der Waals surface area contributed by atoms with Crippen LogP contribution in [0.4, 0.5) is 0 Å². The van der Waals surface area contributed by atoms with E-state index >= 15 is 0 Å². The van der Waals surface area contributed by atoms with Gasteiger partial charge in [0.2, 0.25) is 0 Å². The molecule has 2 aliphatic rings. The molecule has 0 saturated carbocycles. The van der Waals surface area contributed by atoms with Crippen molar-refractivity contribution in [2.45, 2.75) is 44.7 Å². The van der Waals surface area contributed by atoms with E-state index in [2.05, 4.69) is 39.2 Å². The summed E-state index contributed by atoms with van der Waals surface area (Å²) in [7, 11) is 0. The van der Waals surface area contributed by atoms with Crippen molar-refractivity contribution in [3.8, 4) is 0 Å². The van der Waals surface area contributed by atoms with E-state index < -0.39 is 0 Å². The number of likely N-dealkylation sites (N-methyl/N-ethyl adjacent to an activating group) is 1. The van der Waals surface area contributed by atoms with E-state index in [9.17, 15) is 0 Å². The number of nitrogens with zero attached hydrogens (tertiary/aromatic N) is 4. The first kappa shape index (κ1) is 14.5. The number of hydrogen-bond acceptors (Lipinski definition) is 4. The van der Waals surface area contributed by atoms with Crippen LogP contribution in [0.25, 0.3) is 11.2 Å². The molecule has 2 aliphatic heterocycles. The van der Waals surface area contributed by atoms with Gasteiger partial charge in [-0.1, -0.05) is 6.92 Å². The van der Waals surface area contributed by atoms with E-state index in [1.54, 1.807) is 0 Å². The fourth-order valence-electron chi connectivity index (χ4n) is 3.98. The number of aromatic nitrogens is 3. The summed E-state index contributed by atoms with van der Waals surface area (Å²) in [6, 6.07) is 5.35. The summed E-state index contributed by atoms with van der Waals surface area (Å²) in [6.45, 7) is 4.68. The Labute approximate surface area is 136 Å². The molecule has 4 rings (SSSR count). The molecule has 2 aromatic rings. The molecule has 2 saturated heterocycles. The Bertz CT molecular complexity index is 647. The highest BCUT2D eigenvalue weighted by Gasteiger charge is 2.28. The Hall–Kier alpha value is -1.07. The molecule has 2 unspecified atom stereocenters. The molecule has 0 aromatic carbocycles. The maximum Gasteiger partial charge on any atom is 0.160 e. The van der Waals surface area contributed by atoms with Crippen molar-refractivity contribution in [2.75, 3.05) is 24.6 Å². The second-order valence-corrected chi connectivity index (χ2v) is 7.54. The second kappa shape index (κ2) is 6.20. The Kier molecular flexibility index (Phi) is 4.09. The lowest BCUT2D eigenvalue weighted by Crippen LogP contribution is -2.32. The first-order valence-electron chi connectivity index (χ1n) is 8.50. The van der Waals surface area contributed by atoms with Crippen LogP contribution in [0.5, 0.6) is 0 Å². The minimum atomic E-state index is 0.580. The van der Waals surface area contributed by atoms with Crippen molar-refractivity contribution in [2.24, 2.45) is 0 Å². The Morgan fingerprint density at radius 1 is 1.36 bits per heavy atom. The highest BCUT2D eigenvalue weighted by atomic mass is 32.2. The zero-order valence-electron chi connectivity index (χ0n) is 13.2. The Morgan fingerprint density at radius 2 is 2.32 bits per heavy atom. The zero-order valence-corrected chi connectivity index (χ0v) is 14.1. The van der Waals surface area contributed by atoms with Gasteiger partial charge in [-0.15, -0.1) is 0 Å². The van der Waals surface area contributed by atoms with Crippen LogP contribution in [-0.4, -0.2) is 50.1 Å². The first-order valence-corrected chi connectivity index (χ1v) is 9.66. The quantitative estimate of drug-likeness (QED) is 0.868. The molecule has 22 heavy (non-hydrogen) atoms. The number of fused-ring (bicyclic) bond motifs is 1. The lowest BCUT2D eigenvalue weighted by molar-refractivity contribution is 0.261. The van der Waals surface area contributed by atoms with Crippen molar-refractivity contribution >= 4 is 22.9 Å². The molecule has 0 spiro atoms. The van der Waals surface area contributed by atoms with E-state index in [0.717, 1.165) is 24.1 Å². The van der Waals surface area contributed by atoms with Gasteiger partial charge < -0.3 is 9.47 Å². The number of likely N-dealkylation sites (tertiary alicyclic amines) is 1. The molecule has 0 radical (unpaired) electrons. The normalized spacial score (nSPS) is 26.2. The summed E-state index contributed by atoms with van der Waals surface area (Å²) in [6.07, 6.45) is 6.87. The zero-order chi connectivity index (χ0) is 14.9. The summed E-state index contributed by atoms with van der Waals surface area (Å²) in [5, 5.41) is 0. The molecular weight excluding hydrogens is 292 g/mol. The van der Waals surface area contributed by atoms with Crippen LogP contribution in [0.3, 0.4) is 0 Å². The number of thioether (sulfide) groups is 1. The highest BCUT2D eigenvalue weighted by molar-refractivity contribution is 7.99. The van der Waals surface area contributed by atoms with Gasteiger partial charge in [0.25, 0.3) is 0 Å². The predicted octanol–water partition coefficient (Wildman–Crippen LogP) is 3.14. The van der Waals surface area contributed by atoms with E-state index in [1.807, 2.05) is 12.3 Å². The van der Waals surface area contributed by atoms with Gasteiger partial charge in [-0.25, -0.2) is 9.97 Å². The Balaban J connectivity index is 1.71. The molecular formula is C17H24N4S. The maximum absolute atomic E-state index is 4.95. The fourth-order valence-corrected chi connectivity index (χ4v) is 5.18. The minimum absolute atomic E-state index is 0.580. The third kappa shape index (κ3) is 2.54. The molecule has 5 heteroatoms. The van der Waals surface area contributed by atoms with Gasteiger partial charge >= 0.3 is 0 Å². The van der Waals surface area contributed by atoms with E-state index in [0.29, 0.717) is 12.1 Å². The van der Waals surface area contributed by atoms with E-state index in [1.165, 1.54) is 43.1 Å². The second-order valence-electron chi connectivity index (χ2n) is 6.39. The number of pyridine rings is 1. The highest BCUT2D eigenvalue weighted by Crippen LogP contribution is 2.32. The van der Waals surface area contributed by atoms with Crippen molar-refractivity contribution in [3.05, 3.63) is 24.2 Å². The van der Waals surface area contributed by atoms with Crippen LogP contribution in [0.1, 0.15) is 38.1 Å².